The molecule has 1 aromatic carbocycles. The Bertz CT molecular complexity index is 658. The van der Waals surface area contributed by atoms with Crippen LogP contribution in [0.15, 0.2) is 18.3 Å². The minimum Gasteiger partial charge on any atom is -0.469 e. The summed E-state index contributed by atoms with van der Waals surface area (Å²) in [6.45, 7) is 1.99. The molecule has 0 unspecified atom stereocenters. The topological polar surface area (TPSA) is 34.5 Å². The van der Waals surface area contributed by atoms with Crippen LogP contribution in [0.4, 0.5) is 0 Å². The summed E-state index contributed by atoms with van der Waals surface area (Å²) >= 11 is 0. The van der Waals surface area contributed by atoms with Gasteiger partial charge < -0.3 is 9.30 Å². The second-order valence-corrected chi connectivity index (χ2v) is 5.33. The normalized spacial score (nSPS) is 14.9. The molecule has 0 saturated heterocycles. The minimum absolute atomic E-state index is 0.190. The van der Waals surface area contributed by atoms with E-state index in [9.17, 15) is 4.79 Å². The number of hydrogen-bond donors (Lipinski definition) is 0. The number of rotatable bonds is 2. The average molecular weight is 258 g/mol. The molecule has 0 amide bonds. The summed E-state index contributed by atoms with van der Waals surface area (Å²) in [5.74, 6) is -0.190. The molecule has 3 rings (SSSR count). The second kappa shape index (κ2) is 4.38. The average Bonchev–Trinajstić information content (AvgIpc) is 2.87. The van der Waals surface area contributed by atoms with Crippen molar-refractivity contribution >= 4 is 16.9 Å². The number of aromatic nitrogens is 1. The maximum atomic E-state index is 11.5. The maximum Gasteiger partial charge on any atom is 0.310 e. The third-order valence-electron chi connectivity index (χ3n) is 3.84. The summed E-state index contributed by atoms with van der Waals surface area (Å²) in [6.07, 6.45) is 2.36. The van der Waals surface area contributed by atoms with Gasteiger partial charge in [0.1, 0.15) is 0 Å². The van der Waals surface area contributed by atoms with Crippen LogP contribution in [-0.2, 0) is 36.1 Å². The Labute approximate surface area is 112 Å². The van der Waals surface area contributed by atoms with Gasteiger partial charge in [-0.3, -0.25) is 9.69 Å². The van der Waals surface area contributed by atoms with Gasteiger partial charge in [0.05, 0.1) is 13.5 Å². The molecule has 4 nitrogen and oxygen atoms in total. The number of carbonyl (C=O) groups excluding carboxylic acids is 1. The van der Waals surface area contributed by atoms with Crippen LogP contribution in [-0.4, -0.2) is 29.6 Å². The fourth-order valence-electron chi connectivity index (χ4n) is 2.90. The van der Waals surface area contributed by atoms with Crippen molar-refractivity contribution in [2.24, 2.45) is 7.05 Å². The summed E-state index contributed by atoms with van der Waals surface area (Å²) in [7, 11) is 5.58. The van der Waals surface area contributed by atoms with Crippen LogP contribution in [0.3, 0.4) is 0 Å². The van der Waals surface area contributed by atoms with Crippen molar-refractivity contribution in [1.82, 2.24) is 9.47 Å². The smallest absolute Gasteiger partial charge is 0.310 e. The van der Waals surface area contributed by atoms with Crippen LogP contribution >= 0.6 is 0 Å². The Morgan fingerprint density at radius 3 is 2.63 bits per heavy atom. The fraction of sp³-hybridized carbons (Fsp3) is 0.400. The molecule has 2 heterocycles. The van der Waals surface area contributed by atoms with Crippen LogP contribution in [0.25, 0.3) is 10.9 Å². The molecule has 1 aromatic heterocycles. The summed E-state index contributed by atoms with van der Waals surface area (Å²) in [6, 6.07) is 4.47. The lowest BCUT2D eigenvalue weighted by atomic mass is 10.0. The van der Waals surface area contributed by atoms with Crippen molar-refractivity contribution in [3.8, 4) is 0 Å². The van der Waals surface area contributed by atoms with Crippen LogP contribution < -0.4 is 0 Å². The summed E-state index contributed by atoms with van der Waals surface area (Å²) in [4.78, 5) is 13.8. The molecular weight excluding hydrogens is 240 g/mol. The lowest BCUT2D eigenvalue weighted by Crippen LogP contribution is -2.07. The number of methoxy groups -OCH3 is 1. The number of fused-ring (bicyclic) bond motifs is 2. The lowest BCUT2D eigenvalue weighted by Gasteiger charge is -2.02. The van der Waals surface area contributed by atoms with Crippen LogP contribution in [0.1, 0.15) is 16.7 Å². The Morgan fingerprint density at radius 2 is 1.95 bits per heavy atom. The number of aryl methyl sites for hydroxylation is 1. The van der Waals surface area contributed by atoms with E-state index in [2.05, 4.69) is 28.6 Å². The van der Waals surface area contributed by atoms with Crippen LogP contribution in [0.5, 0.6) is 0 Å². The van der Waals surface area contributed by atoms with Crippen molar-refractivity contribution < 1.29 is 9.53 Å². The SMILES string of the molecule is COC(=O)Cc1cn(C)c2cc3c(cc12)CN(C)C3. The molecule has 100 valence electrons. The van der Waals surface area contributed by atoms with Gasteiger partial charge in [0, 0.05) is 37.2 Å². The van der Waals surface area contributed by atoms with E-state index >= 15 is 0 Å². The Morgan fingerprint density at radius 1 is 1.26 bits per heavy atom. The highest BCUT2D eigenvalue weighted by atomic mass is 16.5. The number of ether oxygens (including phenoxy) is 1. The van der Waals surface area contributed by atoms with Crippen molar-refractivity contribution in [1.29, 1.82) is 0 Å². The molecule has 0 atom stereocenters. The van der Waals surface area contributed by atoms with E-state index in [1.807, 2.05) is 13.2 Å². The molecule has 0 radical (unpaired) electrons. The van der Waals surface area contributed by atoms with Gasteiger partial charge in [0.15, 0.2) is 0 Å². The molecule has 1 aliphatic heterocycles. The van der Waals surface area contributed by atoms with Crippen molar-refractivity contribution in [3.63, 3.8) is 0 Å². The number of benzene rings is 1. The highest BCUT2D eigenvalue weighted by molar-refractivity contribution is 5.89. The number of hydrogen-bond acceptors (Lipinski definition) is 3. The Hall–Kier alpha value is -1.81. The maximum absolute atomic E-state index is 11.5. The molecule has 0 fully saturated rings. The zero-order chi connectivity index (χ0) is 13.6. The van der Waals surface area contributed by atoms with Crippen molar-refractivity contribution in [2.75, 3.05) is 14.2 Å². The number of carbonyl (C=O) groups is 1. The third-order valence-corrected chi connectivity index (χ3v) is 3.84. The van der Waals surface area contributed by atoms with Gasteiger partial charge in [0.25, 0.3) is 0 Å². The summed E-state index contributed by atoms with van der Waals surface area (Å²) in [5.41, 5.74) is 4.99. The Kier molecular flexibility index (Phi) is 2.82. The first-order valence-electron chi connectivity index (χ1n) is 6.43. The minimum atomic E-state index is -0.190. The molecular formula is C15H18N2O2. The van der Waals surface area contributed by atoms with Gasteiger partial charge in [-0.15, -0.1) is 0 Å². The molecule has 0 saturated carbocycles. The highest BCUT2D eigenvalue weighted by Crippen LogP contribution is 2.30. The van der Waals surface area contributed by atoms with E-state index in [4.69, 9.17) is 4.74 Å². The molecule has 19 heavy (non-hydrogen) atoms. The summed E-state index contributed by atoms with van der Waals surface area (Å²) < 4.78 is 6.86. The molecule has 4 heteroatoms. The van der Waals surface area contributed by atoms with E-state index in [0.29, 0.717) is 6.42 Å². The first-order valence-corrected chi connectivity index (χ1v) is 6.43. The van der Waals surface area contributed by atoms with Crippen molar-refractivity contribution in [2.45, 2.75) is 19.5 Å². The zero-order valence-corrected chi connectivity index (χ0v) is 11.6. The summed E-state index contributed by atoms with van der Waals surface area (Å²) in [5, 5.41) is 1.17. The standard InChI is InChI=1S/C15H18N2O2/c1-16-7-10-4-13-12(6-15(18)19-3)9-17(2)14(13)5-11(10)8-16/h4-5,9H,6-8H2,1-3H3. The predicted octanol–water partition coefficient (Wildman–Crippen LogP) is 1.84. The van der Waals surface area contributed by atoms with Gasteiger partial charge >= 0.3 is 5.97 Å². The van der Waals surface area contributed by atoms with E-state index in [1.165, 1.54) is 29.1 Å². The van der Waals surface area contributed by atoms with Crippen LogP contribution in [0.2, 0.25) is 0 Å². The number of nitrogens with zero attached hydrogens (tertiary/aromatic N) is 2. The molecule has 2 aromatic rings. The van der Waals surface area contributed by atoms with Gasteiger partial charge in [0.2, 0.25) is 0 Å². The van der Waals surface area contributed by atoms with E-state index in [-0.39, 0.29) is 5.97 Å². The van der Waals surface area contributed by atoms with Gasteiger partial charge in [-0.05, 0) is 35.9 Å². The molecule has 0 N–H and O–H groups in total. The van der Waals surface area contributed by atoms with Gasteiger partial charge in [-0.25, -0.2) is 0 Å². The first kappa shape index (κ1) is 12.2. The lowest BCUT2D eigenvalue weighted by molar-refractivity contribution is -0.139. The van der Waals surface area contributed by atoms with Gasteiger partial charge in [-0.2, -0.15) is 0 Å². The predicted molar refractivity (Wildman–Crippen MR) is 73.8 cm³/mol. The quantitative estimate of drug-likeness (QED) is 0.771. The molecule has 1 aliphatic rings. The first-order chi connectivity index (χ1) is 9.08. The fourth-order valence-corrected chi connectivity index (χ4v) is 2.90. The zero-order valence-electron chi connectivity index (χ0n) is 11.6. The van der Waals surface area contributed by atoms with E-state index in [0.717, 1.165) is 18.7 Å². The molecule has 0 bridgehead atoms. The molecule has 0 aliphatic carbocycles. The number of esters is 1. The van der Waals surface area contributed by atoms with Crippen molar-refractivity contribution in [3.05, 3.63) is 35.0 Å². The largest absolute Gasteiger partial charge is 0.469 e. The third kappa shape index (κ3) is 2.02. The van der Waals surface area contributed by atoms with E-state index in [1.54, 1.807) is 0 Å². The van der Waals surface area contributed by atoms with Gasteiger partial charge in [-0.1, -0.05) is 0 Å². The van der Waals surface area contributed by atoms with Crippen LogP contribution in [0, 0.1) is 0 Å². The Balaban J connectivity index is 2.10. The monoisotopic (exact) mass is 258 g/mol. The van der Waals surface area contributed by atoms with E-state index < -0.39 is 0 Å². The molecule has 0 spiro atoms. The second-order valence-electron chi connectivity index (χ2n) is 5.33. The highest BCUT2D eigenvalue weighted by Gasteiger charge is 2.19.